The molecule has 0 amide bonds. The minimum atomic E-state index is 0.956. The van der Waals surface area contributed by atoms with E-state index in [0.29, 0.717) is 0 Å². The van der Waals surface area contributed by atoms with Crippen molar-refractivity contribution in [3.8, 4) is 0 Å². The summed E-state index contributed by atoms with van der Waals surface area (Å²) >= 11 is 5.99. The molecule has 1 nitrogen and oxygen atoms in total. The molecule has 1 heterocycles. The van der Waals surface area contributed by atoms with Gasteiger partial charge in [0.25, 0.3) is 0 Å². The molecule has 0 spiro atoms. The van der Waals surface area contributed by atoms with Crippen LogP contribution in [-0.4, -0.2) is 16.5 Å². The van der Waals surface area contributed by atoms with Crippen molar-refractivity contribution in [3.63, 3.8) is 0 Å². The van der Waals surface area contributed by atoms with Crippen LogP contribution >= 0.6 is 24.4 Å². The summed E-state index contributed by atoms with van der Waals surface area (Å²) in [6, 6.07) is 4.23. The molecular formula is C10H15NS2. The van der Waals surface area contributed by atoms with Crippen LogP contribution in [-0.2, 0) is 0 Å². The molecule has 0 unspecified atom stereocenters. The summed E-state index contributed by atoms with van der Waals surface area (Å²) in [5, 5.41) is 1.14. The van der Waals surface area contributed by atoms with E-state index in [4.69, 9.17) is 0 Å². The first-order chi connectivity index (χ1) is 6.22. The summed E-state index contributed by atoms with van der Waals surface area (Å²) in [5.41, 5.74) is 2.40. The number of thiol groups is 1. The molecule has 0 atom stereocenters. The van der Waals surface area contributed by atoms with Crippen molar-refractivity contribution >= 4 is 24.4 Å². The fourth-order valence-corrected chi connectivity index (χ4v) is 2.47. The Morgan fingerprint density at radius 1 is 1.38 bits per heavy atom. The summed E-state index contributed by atoms with van der Waals surface area (Å²) in [7, 11) is 0. The Hall–Kier alpha value is -0.150. The molecule has 3 heteroatoms. The van der Waals surface area contributed by atoms with Gasteiger partial charge in [-0.2, -0.15) is 12.6 Å². The van der Waals surface area contributed by atoms with E-state index in [-0.39, 0.29) is 0 Å². The average molecular weight is 213 g/mol. The van der Waals surface area contributed by atoms with Gasteiger partial charge in [0.15, 0.2) is 0 Å². The second kappa shape index (κ2) is 5.55. The normalized spacial score (nSPS) is 10.4. The number of hydrogen-bond donors (Lipinski definition) is 1. The van der Waals surface area contributed by atoms with E-state index in [0.717, 1.165) is 28.6 Å². The van der Waals surface area contributed by atoms with E-state index >= 15 is 0 Å². The van der Waals surface area contributed by atoms with Crippen LogP contribution in [0, 0.1) is 13.8 Å². The van der Waals surface area contributed by atoms with E-state index in [1.807, 2.05) is 18.7 Å². The Bertz CT molecular complexity index is 253. The molecule has 0 aliphatic carbocycles. The van der Waals surface area contributed by atoms with Gasteiger partial charge in [-0.25, -0.2) is 4.98 Å². The van der Waals surface area contributed by atoms with Crippen LogP contribution < -0.4 is 0 Å². The quantitative estimate of drug-likeness (QED) is 0.469. The van der Waals surface area contributed by atoms with Gasteiger partial charge >= 0.3 is 0 Å². The number of thioether (sulfide) groups is 1. The highest BCUT2D eigenvalue weighted by Gasteiger charge is 1.97. The largest absolute Gasteiger partial charge is 0.247 e. The second-order valence-electron chi connectivity index (χ2n) is 3.05. The number of nitrogens with zero attached hydrogens (tertiary/aromatic N) is 1. The monoisotopic (exact) mass is 213 g/mol. The molecule has 0 saturated carbocycles. The topological polar surface area (TPSA) is 12.9 Å². The van der Waals surface area contributed by atoms with Crippen molar-refractivity contribution in [3.05, 3.63) is 23.4 Å². The van der Waals surface area contributed by atoms with Crippen molar-refractivity contribution in [1.29, 1.82) is 0 Å². The van der Waals surface area contributed by atoms with Gasteiger partial charge in [-0.05, 0) is 43.7 Å². The third-order valence-electron chi connectivity index (χ3n) is 1.63. The molecule has 0 aromatic carbocycles. The third kappa shape index (κ3) is 4.05. The van der Waals surface area contributed by atoms with E-state index < -0.39 is 0 Å². The maximum Gasteiger partial charge on any atom is 0.0965 e. The zero-order valence-electron chi connectivity index (χ0n) is 8.08. The highest BCUT2D eigenvalue weighted by Crippen LogP contribution is 2.18. The van der Waals surface area contributed by atoms with Crippen molar-refractivity contribution in [2.24, 2.45) is 0 Å². The van der Waals surface area contributed by atoms with Crippen LogP contribution in [0.4, 0.5) is 0 Å². The van der Waals surface area contributed by atoms with Crippen molar-refractivity contribution in [2.75, 3.05) is 11.5 Å². The lowest BCUT2D eigenvalue weighted by molar-refractivity contribution is 1.04. The maximum absolute atomic E-state index is 4.44. The molecular weight excluding hydrogens is 198 g/mol. The molecule has 72 valence electrons. The Morgan fingerprint density at radius 3 is 2.77 bits per heavy atom. The van der Waals surface area contributed by atoms with Gasteiger partial charge in [-0.1, -0.05) is 0 Å². The first-order valence-corrected chi connectivity index (χ1v) is 6.03. The van der Waals surface area contributed by atoms with Crippen LogP contribution in [0.1, 0.15) is 17.7 Å². The Labute approximate surface area is 89.8 Å². The number of pyridine rings is 1. The van der Waals surface area contributed by atoms with Gasteiger partial charge in [-0.3, -0.25) is 0 Å². The van der Waals surface area contributed by atoms with Crippen LogP contribution in [0.25, 0.3) is 0 Å². The predicted molar refractivity (Wildman–Crippen MR) is 62.9 cm³/mol. The Balaban J connectivity index is 2.56. The number of hydrogen-bond acceptors (Lipinski definition) is 3. The SMILES string of the molecule is Cc1cc(C)nc(SCCCS)c1. The molecule has 0 aliphatic rings. The Kier molecular flexibility index (Phi) is 4.67. The molecule has 0 N–H and O–H groups in total. The predicted octanol–water partition coefficient (Wildman–Crippen LogP) is 3.11. The zero-order valence-corrected chi connectivity index (χ0v) is 9.79. The second-order valence-corrected chi connectivity index (χ2v) is 4.61. The van der Waals surface area contributed by atoms with Gasteiger partial charge in [0.05, 0.1) is 5.03 Å². The molecule has 0 aliphatic heterocycles. The van der Waals surface area contributed by atoms with Crippen LogP contribution in [0.3, 0.4) is 0 Å². The summed E-state index contributed by atoms with van der Waals surface area (Å²) in [6.07, 6.45) is 1.14. The highest BCUT2D eigenvalue weighted by atomic mass is 32.2. The van der Waals surface area contributed by atoms with E-state index in [9.17, 15) is 0 Å². The van der Waals surface area contributed by atoms with Gasteiger partial charge in [-0.15, -0.1) is 11.8 Å². The molecule has 13 heavy (non-hydrogen) atoms. The molecule has 0 fully saturated rings. The fraction of sp³-hybridized carbons (Fsp3) is 0.500. The molecule has 0 saturated heterocycles. The van der Waals surface area contributed by atoms with E-state index in [2.05, 4.69) is 36.7 Å². The summed E-state index contributed by atoms with van der Waals surface area (Å²) in [6.45, 7) is 4.15. The van der Waals surface area contributed by atoms with Crippen molar-refractivity contribution in [1.82, 2.24) is 4.98 Å². The first kappa shape index (κ1) is 10.9. The standard InChI is InChI=1S/C10H15NS2/c1-8-6-9(2)11-10(7-8)13-5-3-4-12/h6-7,12H,3-5H2,1-2H3. The van der Waals surface area contributed by atoms with Gasteiger partial charge < -0.3 is 0 Å². The smallest absolute Gasteiger partial charge is 0.0965 e. The van der Waals surface area contributed by atoms with Crippen molar-refractivity contribution < 1.29 is 0 Å². The van der Waals surface area contributed by atoms with Gasteiger partial charge in [0.1, 0.15) is 0 Å². The minimum Gasteiger partial charge on any atom is -0.247 e. The van der Waals surface area contributed by atoms with Crippen LogP contribution in [0.2, 0.25) is 0 Å². The summed E-state index contributed by atoms with van der Waals surface area (Å²) < 4.78 is 0. The lowest BCUT2D eigenvalue weighted by Gasteiger charge is -2.02. The molecule has 1 rings (SSSR count). The number of aromatic nitrogens is 1. The number of aryl methyl sites for hydroxylation is 2. The highest BCUT2D eigenvalue weighted by molar-refractivity contribution is 7.99. The third-order valence-corrected chi connectivity index (χ3v) is 2.94. The zero-order chi connectivity index (χ0) is 9.68. The first-order valence-electron chi connectivity index (χ1n) is 4.41. The number of rotatable bonds is 4. The van der Waals surface area contributed by atoms with Gasteiger partial charge in [0, 0.05) is 11.4 Å². The van der Waals surface area contributed by atoms with Crippen LogP contribution in [0.5, 0.6) is 0 Å². The van der Waals surface area contributed by atoms with E-state index in [1.54, 1.807) is 0 Å². The molecule has 0 bridgehead atoms. The van der Waals surface area contributed by atoms with Crippen LogP contribution in [0.15, 0.2) is 17.2 Å². The lowest BCUT2D eigenvalue weighted by Crippen LogP contribution is -1.88. The fourth-order valence-electron chi connectivity index (χ4n) is 1.12. The average Bonchev–Trinajstić information content (AvgIpc) is 2.03. The summed E-state index contributed by atoms with van der Waals surface area (Å²) in [5.74, 6) is 2.07. The Morgan fingerprint density at radius 2 is 2.15 bits per heavy atom. The summed E-state index contributed by atoms with van der Waals surface area (Å²) in [4.78, 5) is 4.44. The molecule has 1 aromatic heterocycles. The lowest BCUT2D eigenvalue weighted by atomic mass is 10.3. The molecule has 0 radical (unpaired) electrons. The van der Waals surface area contributed by atoms with Gasteiger partial charge in [0.2, 0.25) is 0 Å². The molecule has 1 aromatic rings. The maximum atomic E-state index is 4.44. The van der Waals surface area contributed by atoms with E-state index in [1.165, 1.54) is 5.56 Å². The minimum absolute atomic E-state index is 0.956. The van der Waals surface area contributed by atoms with Crippen molar-refractivity contribution in [2.45, 2.75) is 25.3 Å².